The first-order valence-electron chi connectivity index (χ1n) is 11.7. The summed E-state index contributed by atoms with van der Waals surface area (Å²) in [5, 5.41) is 4.99. The smallest absolute Gasteiger partial charge is 0.239 e. The van der Waals surface area contributed by atoms with E-state index in [9.17, 15) is 13.2 Å². The lowest BCUT2D eigenvalue weighted by atomic mass is 9.65. The number of carbonyl (C=O) groups excluding carboxylic acids is 1. The van der Waals surface area contributed by atoms with Gasteiger partial charge in [0.1, 0.15) is 12.7 Å². The fraction of sp³-hybridized carbons (Fsp3) is 0.609. The number of hydrogen-bond acceptors (Lipinski definition) is 6. The second-order valence-electron chi connectivity index (χ2n) is 9.65. The fourth-order valence-corrected chi connectivity index (χ4v) is 6.50. The molecule has 0 aliphatic carbocycles. The quantitative estimate of drug-likeness (QED) is 0.609. The topological polar surface area (TPSA) is 114 Å². The van der Waals surface area contributed by atoms with Gasteiger partial charge >= 0.3 is 0 Å². The normalized spacial score (nSPS) is 20.9. The molecule has 1 atom stereocenters. The van der Waals surface area contributed by atoms with Crippen molar-refractivity contribution in [2.45, 2.75) is 44.7 Å². The number of aromatic nitrogens is 3. The lowest BCUT2D eigenvalue weighted by Gasteiger charge is -2.49. The summed E-state index contributed by atoms with van der Waals surface area (Å²) in [4.78, 5) is 19.1. The van der Waals surface area contributed by atoms with Crippen molar-refractivity contribution in [2.24, 2.45) is 17.1 Å². The number of halogens is 1. The van der Waals surface area contributed by atoms with Crippen molar-refractivity contribution < 1.29 is 13.2 Å². The molecule has 0 saturated carbocycles. The van der Waals surface area contributed by atoms with E-state index >= 15 is 0 Å². The summed E-state index contributed by atoms with van der Waals surface area (Å²) >= 11 is 5.96. The van der Waals surface area contributed by atoms with Crippen molar-refractivity contribution in [3.05, 3.63) is 47.5 Å². The molecule has 0 bridgehead atoms. The minimum atomic E-state index is -3.18. The first-order valence-corrected chi connectivity index (χ1v) is 14.0. The summed E-state index contributed by atoms with van der Waals surface area (Å²) in [5.74, 6) is 0.325. The van der Waals surface area contributed by atoms with Crippen LogP contribution in [-0.2, 0) is 27.8 Å². The number of amides is 1. The third kappa shape index (κ3) is 5.79. The maximum atomic E-state index is 13.1. The van der Waals surface area contributed by atoms with Gasteiger partial charge in [-0.3, -0.25) is 9.48 Å². The Balaban J connectivity index is 1.42. The number of rotatable bonds is 7. The largest absolute Gasteiger partial charge is 0.341 e. The summed E-state index contributed by atoms with van der Waals surface area (Å²) < 4.78 is 27.4. The zero-order chi connectivity index (χ0) is 24.3. The molecule has 2 aliphatic heterocycles. The highest BCUT2D eigenvalue weighted by molar-refractivity contribution is 7.88. The molecule has 1 unspecified atom stereocenters. The molecule has 0 spiro atoms. The van der Waals surface area contributed by atoms with Crippen molar-refractivity contribution in [3.8, 4) is 0 Å². The number of nitrogens with zero attached hydrogens (tertiary/aromatic N) is 5. The fourth-order valence-electron chi connectivity index (χ4n) is 5.50. The van der Waals surface area contributed by atoms with Crippen LogP contribution in [0.15, 0.2) is 36.9 Å². The molecule has 2 aromatic rings. The van der Waals surface area contributed by atoms with E-state index in [0.717, 1.165) is 37.8 Å². The zero-order valence-corrected chi connectivity index (χ0v) is 21.1. The van der Waals surface area contributed by atoms with Crippen LogP contribution in [0.3, 0.4) is 0 Å². The van der Waals surface area contributed by atoms with Crippen LogP contribution >= 0.6 is 11.6 Å². The summed E-state index contributed by atoms with van der Waals surface area (Å²) in [6.07, 6.45) is 8.29. The minimum absolute atomic E-state index is 0.0313. The Morgan fingerprint density at radius 3 is 2.38 bits per heavy atom. The van der Waals surface area contributed by atoms with Crippen molar-refractivity contribution in [1.29, 1.82) is 0 Å². The van der Waals surface area contributed by atoms with E-state index in [-0.39, 0.29) is 11.3 Å². The predicted octanol–water partition coefficient (Wildman–Crippen LogP) is 1.78. The number of carbonyl (C=O) groups is 1. The SMILES string of the molecule is CS(=O)(=O)N1CCC(C2(Cn3cncn3)CCN(C(=O)C(N)Cc3ccc(Cl)cc3)CC2)CC1. The number of hydrogen-bond donors (Lipinski definition) is 1. The average molecular weight is 509 g/mol. The van der Waals surface area contributed by atoms with E-state index in [0.29, 0.717) is 43.5 Å². The number of benzene rings is 1. The summed E-state index contributed by atoms with van der Waals surface area (Å²) in [6, 6.07) is 6.82. The molecule has 1 aromatic carbocycles. The number of nitrogens with two attached hydrogens (primary N) is 1. The first-order chi connectivity index (χ1) is 16.2. The molecular weight excluding hydrogens is 476 g/mol. The Hall–Kier alpha value is -2.01. The van der Waals surface area contributed by atoms with Crippen molar-refractivity contribution in [3.63, 3.8) is 0 Å². The lowest BCUT2D eigenvalue weighted by Crippen LogP contribution is -2.54. The van der Waals surface area contributed by atoms with Crippen LogP contribution in [0.1, 0.15) is 31.2 Å². The Morgan fingerprint density at radius 2 is 1.82 bits per heavy atom. The van der Waals surface area contributed by atoms with Gasteiger partial charge in [0.15, 0.2) is 0 Å². The Morgan fingerprint density at radius 1 is 1.18 bits per heavy atom. The maximum absolute atomic E-state index is 13.1. The molecule has 0 radical (unpaired) electrons. The second-order valence-corrected chi connectivity index (χ2v) is 12.1. The zero-order valence-electron chi connectivity index (χ0n) is 19.5. The molecular formula is C23H33ClN6O3S. The van der Waals surface area contributed by atoms with Crippen LogP contribution in [0, 0.1) is 11.3 Å². The van der Waals surface area contributed by atoms with Gasteiger partial charge in [-0.05, 0) is 61.1 Å². The third-order valence-electron chi connectivity index (χ3n) is 7.49. The summed E-state index contributed by atoms with van der Waals surface area (Å²) in [5.41, 5.74) is 7.21. The van der Waals surface area contributed by atoms with Gasteiger partial charge in [0.2, 0.25) is 15.9 Å². The molecule has 1 aromatic heterocycles. The van der Waals surface area contributed by atoms with Crippen LogP contribution < -0.4 is 5.73 Å². The highest BCUT2D eigenvalue weighted by atomic mass is 35.5. The monoisotopic (exact) mass is 508 g/mol. The van der Waals surface area contributed by atoms with Crippen molar-refractivity contribution >= 4 is 27.5 Å². The molecule has 2 saturated heterocycles. The highest BCUT2D eigenvalue weighted by Gasteiger charge is 2.44. The van der Waals surface area contributed by atoms with Crippen LogP contribution in [0.2, 0.25) is 5.02 Å². The first kappa shape index (κ1) is 25.1. The van der Waals surface area contributed by atoms with Gasteiger partial charge in [0, 0.05) is 37.7 Å². The van der Waals surface area contributed by atoms with E-state index in [1.165, 1.54) is 12.6 Å². The minimum Gasteiger partial charge on any atom is -0.341 e. The molecule has 186 valence electrons. The van der Waals surface area contributed by atoms with Gasteiger partial charge in [-0.15, -0.1) is 0 Å². The van der Waals surface area contributed by atoms with E-state index in [1.807, 2.05) is 33.8 Å². The number of sulfonamides is 1. The Bertz CT molecular complexity index is 1060. The van der Waals surface area contributed by atoms with Gasteiger partial charge in [0.25, 0.3) is 0 Å². The highest BCUT2D eigenvalue weighted by Crippen LogP contribution is 2.45. The van der Waals surface area contributed by atoms with E-state index < -0.39 is 16.1 Å². The van der Waals surface area contributed by atoms with Gasteiger partial charge in [-0.1, -0.05) is 23.7 Å². The maximum Gasteiger partial charge on any atom is 0.239 e. The van der Waals surface area contributed by atoms with Gasteiger partial charge in [-0.2, -0.15) is 5.10 Å². The van der Waals surface area contributed by atoms with E-state index in [2.05, 4.69) is 10.1 Å². The standard InChI is InChI=1S/C23H33ClN6O3S/c1-34(32,33)30-10-6-19(7-11-30)23(15-29-17-26-16-27-29)8-12-28(13-9-23)22(31)21(25)14-18-2-4-20(24)5-3-18/h2-5,16-17,19,21H,6-15,25H2,1H3. The molecule has 11 heteroatoms. The molecule has 2 N–H and O–H groups in total. The molecule has 2 fully saturated rings. The number of piperidine rings is 2. The molecule has 34 heavy (non-hydrogen) atoms. The van der Waals surface area contributed by atoms with Gasteiger partial charge in [0.05, 0.1) is 12.3 Å². The van der Waals surface area contributed by atoms with Gasteiger partial charge in [-0.25, -0.2) is 17.7 Å². The molecule has 9 nitrogen and oxygen atoms in total. The molecule has 1 amide bonds. The van der Waals surface area contributed by atoms with Crippen molar-refractivity contribution in [1.82, 2.24) is 24.0 Å². The lowest BCUT2D eigenvalue weighted by molar-refractivity contribution is -0.136. The Labute approximate surface area is 206 Å². The van der Waals surface area contributed by atoms with Gasteiger partial charge < -0.3 is 10.6 Å². The summed E-state index contributed by atoms with van der Waals surface area (Å²) in [7, 11) is -3.18. The van der Waals surface area contributed by atoms with Crippen molar-refractivity contribution in [2.75, 3.05) is 32.4 Å². The molecule has 4 rings (SSSR count). The van der Waals surface area contributed by atoms with E-state index in [1.54, 1.807) is 10.6 Å². The van der Waals surface area contributed by atoms with E-state index in [4.69, 9.17) is 17.3 Å². The molecule has 2 aliphatic rings. The predicted molar refractivity (Wildman–Crippen MR) is 131 cm³/mol. The molecule has 3 heterocycles. The summed E-state index contributed by atoms with van der Waals surface area (Å²) in [6.45, 7) is 3.06. The van der Waals surface area contributed by atoms with Crippen LogP contribution in [0.5, 0.6) is 0 Å². The Kier molecular flexibility index (Phi) is 7.61. The number of likely N-dealkylation sites (tertiary alicyclic amines) is 1. The second kappa shape index (κ2) is 10.3. The van der Waals surface area contributed by atoms with Crippen LogP contribution in [0.4, 0.5) is 0 Å². The van der Waals surface area contributed by atoms with Crippen LogP contribution in [0.25, 0.3) is 0 Å². The van der Waals surface area contributed by atoms with Crippen LogP contribution in [-0.4, -0.2) is 76.8 Å². The third-order valence-corrected chi connectivity index (χ3v) is 9.04. The average Bonchev–Trinajstić information content (AvgIpc) is 3.33.